The maximum absolute atomic E-state index is 12.3. The standard InChI is InChI=1S/C18H18BrN3O3S/c19-14-3-1-12(2-4-14)18(25)21-20-16(23)5-6-17(24)22-9-7-15-13(11-22)8-10-26-15/h1-4,8,10H,5-7,9,11H2,(H,20,23)(H,21,25). The van der Waals surface area contributed by atoms with Crippen LogP contribution in [-0.2, 0) is 22.6 Å². The number of thiophene rings is 1. The Bertz CT molecular complexity index is 819. The van der Waals surface area contributed by atoms with Gasteiger partial charge in [0.15, 0.2) is 0 Å². The van der Waals surface area contributed by atoms with Crippen LogP contribution in [0.25, 0.3) is 0 Å². The van der Waals surface area contributed by atoms with Crippen molar-refractivity contribution in [3.63, 3.8) is 0 Å². The molecule has 2 aromatic rings. The molecule has 1 aromatic heterocycles. The Kier molecular flexibility index (Phi) is 6.05. The molecule has 6 nitrogen and oxygen atoms in total. The van der Waals surface area contributed by atoms with E-state index >= 15 is 0 Å². The van der Waals surface area contributed by atoms with Gasteiger partial charge in [-0.25, -0.2) is 0 Å². The molecule has 136 valence electrons. The fourth-order valence-electron chi connectivity index (χ4n) is 2.70. The SMILES string of the molecule is O=C(CCC(=O)N1CCc2sccc2C1)NNC(=O)c1ccc(Br)cc1. The first kappa shape index (κ1) is 18.6. The quantitative estimate of drug-likeness (QED) is 0.724. The average molecular weight is 436 g/mol. The second kappa shape index (κ2) is 8.46. The third-order valence-electron chi connectivity index (χ3n) is 4.15. The van der Waals surface area contributed by atoms with Gasteiger partial charge in [-0.1, -0.05) is 15.9 Å². The van der Waals surface area contributed by atoms with Crippen molar-refractivity contribution in [2.24, 2.45) is 0 Å². The highest BCUT2D eigenvalue weighted by atomic mass is 79.9. The molecule has 1 aromatic carbocycles. The number of halogens is 1. The summed E-state index contributed by atoms with van der Waals surface area (Å²) in [7, 11) is 0. The van der Waals surface area contributed by atoms with Gasteiger partial charge >= 0.3 is 0 Å². The summed E-state index contributed by atoms with van der Waals surface area (Å²) in [6, 6.07) is 8.82. The number of amides is 3. The van der Waals surface area contributed by atoms with E-state index in [1.807, 2.05) is 11.4 Å². The van der Waals surface area contributed by atoms with E-state index in [9.17, 15) is 14.4 Å². The molecule has 2 N–H and O–H groups in total. The van der Waals surface area contributed by atoms with Crippen molar-refractivity contribution >= 4 is 45.0 Å². The Morgan fingerprint density at radius 2 is 1.85 bits per heavy atom. The second-order valence-corrected chi connectivity index (χ2v) is 7.86. The van der Waals surface area contributed by atoms with Gasteiger partial charge in [-0.2, -0.15) is 0 Å². The van der Waals surface area contributed by atoms with E-state index in [0.717, 1.165) is 10.9 Å². The Hall–Kier alpha value is -2.19. The molecule has 0 spiro atoms. The monoisotopic (exact) mass is 435 g/mol. The highest BCUT2D eigenvalue weighted by Crippen LogP contribution is 2.24. The van der Waals surface area contributed by atoms with Crippen LogP contribution in [-0.4, -0.2) is 29.2 Å². The van der Waals surface area contributed by atoms with Gasteiger partial charge < -0.3 is 4.90 Å². The largest absolute Gasteiger partial charge is 0.338 e. The number of nitrogens with one attached hydrogen (secondary N) is 2. The second-order valence-electron chi connectivity index (χ2n) is 5.94. The number of hydrogen-bond donors (Lipinski definition) is 2. The number of fused-ring (bicyclic) bond motifs is 1. The fraction of sp³-hybridized carbons (Fsp3) is 0.278. The van der Waals surface area contributed by atoms with Gasteiger partial charge in [-0.05, 0) is 47.7 Å². The Balaban J connectivity index is 1.40. The number of hydrogen-bond acceptors (Lipinski definition) is 4. The van der Waals surface area contributed by atoms with Crippen LogP contribution >= 0.6 is 27.3 Å². The van der Waals surface area contributed by atoms with Crippen LogP contribution in [0.3, 0.4) is 0 Å². The molecule has 3 amide bonds. The number of carbonyl (C=O) groups excluding carboxylic acids is 3. The molecule has 0 radical (unpaired) electrons. The number of benzene rings is 1. The molecular formula is C18H18BrN3O3S. The zero-order chi connectivity index (χ0) is 18.5. The maximum Gasteiger partial charge on any atom is 0.269 e. The number of hydrazine groups is 1. The van der Waals surface area contributed by atoms with Crippen molar-refractivity contribution in [3.05, 3.63) is 56.2 Å². The molecule has 8 heteroatoms. The highest BCUT2D eigenvalue weighted by Gasteiger charge is 2.21. The topological polar surface area (TPSA) is 78.5 Å². The smallest absolute Gasteiger partial charge is 0.269 e. The first-order valence-electron chi connectivity index (χ1n) is 8.20. The lowest BCUT2D eigenvalue weighted by molar-refractivity contribution is -0.134. The van der Waals surface area contributed by atoms with Gasteiger partial charge in [0.05, 0.1) is 0 Å². The van der Waals surface area contributed by atoms with Crippen LogP contribution in [0, 0.1) is 0 Å². The lowest BCUT2D eigenvalue weighted by Gasteiger charge is -2.27. The normalized spacial score (nSPS) is 13.0. The molecule has 3 rings (SSSR count). The molecule has 26 heavy (non-hydrogen) atoms. The minimum atomic E-state index is -0.404. The third-order valence-corrected chi connectivity index (χ3v) is 5.70. The van der Waals surface area contributed by atoms with Crippen molar-refractivity contribution in [1.82, 2.24) is 15.8 Å². The molecule has 0 unspecified atom stereocenters. The fourth-order valence-corrected chi connectivity index (χ4v) is 3.86. The summed E-state index contributed by atoms with van der Waals surface area (Å²) in [6.45, 7) is 1.30. The summed E-state index contributed by atoms with van der Waals surface area (Å²) in [5, 5.41) is 2.04. The number of rotatable bonds is 4. The molecule has 0 saturated carbocycles. The van der Waals surface area contributed by atoms with Crippen LogP contribution in [0.5, 0.6) is 0 Å². The molecule has 0 saturated heterocycles. The lowest BCUT2D eigenvalue weighted by Crippen LogP contribution is -2.42. The van der Waals surface area contributed by atoms with Gasteiger partial charge in [-0.15, -0.1) is 11.3 Å². The molecule has 0 atom stereocenters. The predicted octanol–water partition coefficient (Wildman–Crippen LogP) is 2.64. The zero-order valence-corrected chi connectivity index (χ0v) is 16.4. The van der Waals surface area contributed by atoms with E-state index in [1.54, 1.807) is 40.5 Å². The third kappa shape index (κ3) is 4.70. The van der Waals surface area contributed by atoms with Crippen LogP contribution in [0.2, 0.25) is 0 Å². The van der Waals surface area contributed by atoms with E-state index in [0.29, 0.717) is 18.7 Å². The summed E-state index contributed by atoms with van der Waals surface area (Å²) in [4.78, 5) is 39.2. The van der Waals surface area contributed by atoms with E-state index < -0.39 is 11.8 Å². The van der Waals surface area contributed by atoms with Crippen LogP contribution in [0.1, 0.15) is 33.6 Å². The van der Waals surface area contributed by atoms with E-state index in [1.165, 1.54) is 10.4 Å². The molecule has 1 aliphatic rings. The van der Waals surface area contributed by atoms with Gasteiger partial charge in [0.1, 0.15) is 0 Å². The predicted molar refractivity (Wildman–Crippen MR) is 102 cm³/mol. The Morgan fingerprint density at radius 1 is 1.08 bits per heavy atom. The lowest BCUT2D eigenvalue weighted by atomic mass is 10.1. The molecule has 0 fully saturated rings. The van der Waals surface area contributed by atoms with Crippen LogP contribution in [0.4, 0.5) is 0 Å². The minimum Gasteiger partial charge on any atom is -0.338 e. The Morgan fingerprint density at radius 3 is 2.62 bits per heavy atom. The zero-order valence-electron chi connectivity index (χ0n) is 14.0. The minimum absolute atomic E-state index is 0.0342. The van der Waals surface area contributed by atoms with Crippen molar-refractivity contribution in [1.29, 1.82) is 0 Å². The molecular weight excluding hydrogens is 418 g/mol. The summed E-state index contributed by atoms with van der Waals surface area (Å²) in [5.74, 6) is -0.841. The van der Waals surface area contributed by atoms with Crippen molar-refractivity contribution in [3.8, 4) is 0 Å². The first-order valence-corrected chi connectivity index (χ1v) is 9.88. The highest BCUT2D eigenvalue weighted by molar-refractivity contribution is 9.10. The summed E-state index contributed by atoms with van der Waals surface area (Å²) in [6.07, 6.45) is 1.03. The van der Waals surface area contributed by atoms with Gasteiger partial charge in [0, 0.05) is 40.8 Å². The molecule has 1 aliphatic heterocycles. The maximum atomic E-state index is 12.3. The van der Waals surface area contributed by atoms with Crippen LogP contribution in [0.15, 0.2) is 40.2 Å². The van der Waals surface area contributed by atoms with E-state index in [4.69, 9.17) is 0 Å². The van der Waals surface area contributed by atoms with Gasteiger partial charge in [0.2, 0.25) is 11.8 Å². The first-order chi connectivity index (χ1) is 12.5. The number of nitrogens with zero attached hydrogens (tertiary/aromatic N) is 1. The van der Waals surface area contributed by atoms with Gasteiger partial charge in [-0.3, -0.25) is 25.2 Å². The molecule has 0 aliphatic carbocycles. The van der Waals surface area contributed by atoms with E-state index in [2.05, 4.69) is 26.8 Å². The summed E-state index contributed by atoms with van der Waals surface area (Å²) in [5.41, 5.74) is 6.33. The van der Waals surface area contributed by atoms with Crippen molar-refractivity contribution in [2.75, 3.05) is 6.54 Å². The average Bonchev–Trinajstić information content (AvgIpc) is 3.12. The summed E-state index contributed by atoms with van der Waals surface area (Å²) < 4.78 is 0.865. The summed E-state index contributed by atoms with van der Waals surface area (Å²) >= 11 is 5.01. The van der Waals surface area contributed by atoms with Gasteiger partial charge in [0.25, 0.3) is 5.91 Å². The molecule has 0 bridgehead atoms. The Labute approximate surface area is 163 Å². The van der Waals surface area contributed by atoms with Crippen LogP contribution < -0.4 is 10.9 Å². The van der Waals surface area contributed by atoms with Crippen molar-refractivity contribution < 1.29 is 14.4 Å². The number of carbonyl (C=O) groups is 3. The van der Waals surface area contributed by atoms with Crippen molar-refractivity contribution in [2.45, 2.75) is 25.8 Å². The van der Waals surface area contributed by atoms with E-state index in [-0.39, 0.29) is 18.7 Å². The molecule has 2 heterocycles.